The van der Waals surface area contributed by atoms with Crippen molar-refractivity contribution in [1.29, 1.82) is 0 Å². The zero-order chi connectivity index (χ0) is 14.8. The molecule has 1 amide bonds. The maximum atomic E-state index is 11.9. The number of amides is 1. The van der Waals surface area contributed by atoms with Gasteiger partial charge in [-0.05, 0) is 18.0 Å². The third-order valence-electron chi connectivity index (χ3n) is 3.30. The van der Waals surface area contributed by atoms with Crippen molar-refractivity contribution in [2.24, 2.45) is 0 Å². The number of nitrogens with one attached hydrogen (secondary N) is 2. The third kappa shape index (κ3) is 6.04. The van der Waals surface area contributed by atoms with Crippen LogP contribution >= 0.6 is 0 Å². The minimum Gasteiger partial charge on any atom is -0.347 e. The van der Waals surface area contributed by atoms with E-state index in [0.29, 0.717) is 0 Å². The molecule has 114 valence electrons. The molecular weight excluding hydrogens is 258 g/mol. The molecule has 6 heteroatoms. The Kier molecular flexibility index (Phi) is 7.69. The second-order valence-corrected chi connectivity index (χ2v) is 5.11. The van der Waals surface area contributed by atoms with Crippen LogP contribution < -0.4 is 11.1 Å². The molecular formula is C14H25N3O3. The summed E-state index contributed by atoms with van der Waals surface area (Å²) in [6.45, 7) is 4.32. The Labute approximate surface area is 119 Å². The van der Waals surface area contributed by atoms with Gasteiger partial charge in [0.15, 0.2) is 0 Å². The van der Waals surface area contributed by atoms with Gasteiger partial charge in [0, 0.05) is 6.04 Å². The molecule has 1 rings (SSSR count). The van der Waals surface area contributed by atoms with Crippen LogP contribution in [0.25, 0.3) is 0 Å². The number of carbonyl (C=O) groups is 1. The summed E-state index contributed by atoms with van der Waals surface area (Å²) in [5.41, 5.74) is 0. The molecule has 0 saturated carbocycles. The quantitative estimate of drug-likeness (QED) is 0.646. The zero-order valence-corrected chi connectivity index (χ0v) is 12.4. The van der Waals surface area contributed by atoms with Gasteiger partial charge in [-0.25, -0.2) is 4.79 Å². The van der Waals surface area contributed by atoms with Crippen LogP contribution in [0, 0.1) is 0 Å². The van der Waals surface area contributed by atoms with E-state index in [2.05, 4.69) is 33.8 Å². The van der Waals surface area contributed by atoms with Gasteiger partial charge in [-0.3, -0.25) is 14.3 Å². The van der Waals surface area contributed by atoms with Gasteiger partial charge >= 0.3 is 5.76 Å². The van der Waals surface area contributed by atoms with Gasteiger partial charge in [0.05, 0.1) is 0 Å². The Bertz CT molecular complexity index is 429. The predicted molar refractivity (Wildman–Crippen MR) is 76.7 cm³/mol. The first-order valence-corrected chi connectivity index (χ1v) is 7.54. The number of hydrogen-bond donors (Lipinski definition) is 2. The van der Waals surface area contributed by atoms with Crippen LogP contribution in [-0.2, 0) is 0 Å². The van der Waals surface area contributed by atoms with Gasteiger partial charge in [-0.15, -0.1) is 0 Å². The second-order valence-electron chi connectivity index (χ2n) is 5.11. The first-order chi connectivity index (χ1) is 9.67. The second kappa shape index (κ2) is 9.34. The minimum absolute atomic E-state index is 0.0500. The first kappa shape index (κ1) is 16.5. The van der Waals surface area contributed by atoms with Gasteiger partial charge in [-0.2, -0.15) is 0 Å². The Morgan fingerprint density at radius 3 is 2.25 bits per heavy atom. The van der Waals surface area contributed by atoms with Crippen molar-refractivity contribution in [3.05, 3.63) is 16.4 Å². The smallest absolute Gasteiger partial charge is 0.347 e. The van der Waals surface area contributed by atoms with Crippen molar-refractivity contribution in [3.63, 3.8) is 0 Å². The summed E-state index contributed by atoms with van der Waals surface area (Å²) >= 11 is 0. The summed E-state index contributed by atoms with van der Waals surface area (Å²) in [6.07, 6.45) is 8.78. The summed E-state index contributed by atoms with van der Waals surface area (Å²) in [6, 6.07) is 0.140. The maximum absolute atomic E-state index is 11.9. The first-order valence-electron chi connectivity index (χ1n) is 7.54. The lowest BCUT2D eigenvalue weighted by Crippen LogP contribution is -2.35. The van der Waals surface area contributed by atoms with E-state index in [1.54, 1.807) is 0 Å². The molecule has 1 heterocycles. The van der Waals surface area contributed by atoms with E-state index < -0.39 is 5.76 Å². The van der Waals surface area contributed by atoms with Crippen molar-refractivity contribution in [2.75, 3.05) is 0 Å². The topological polar surface area (TPSA) is 88.0 Å². The molecule has 0 aliphatic carbocycles. The highest BCUT2D eigenvalue weighted by Gasteiger charge is 2.16. The molecule has 6 nitrogen and oxygen atoms in total. The summed E-state index contributed by atoms with van der Waals surface area (Å²) in [4.78, 5) is 25.0. The molecule has 20 heavy (non-hydrogen) atoms. The highest BCUT2D eigenvalue weighted by Crippen LogP contribution is 2.11. The number of carbonyl (C=O) groups excluding carboxylic acids is 1. The molecule has 0 aromatic carbocycles. The molecule has 0 fully saturated rings. The number of nitrogens with zero attached hydrogens (tertiary/aromatic N) is 1. The molecule has 0 aliphatic heterocycles. The van der Waals surface area contributed by atoms with E-state index in [1.807, 2.05) is 0 Å². The van der Waals surface area contributed by atoms with Crippen molar-refractivity contribution in [2.45, 2.75) is 71.3 Å². The third-order valence-corrected chi connectivity index (χ3v) is 3.30. The Morgan fingerprint density at radius 2 is 1.80 bits per heavy atom. The van der Waals surface area contributed by atoms with Crippen LogP contribution in [0.2, 0.25) is 0 Å². The summed E-state index contributed by atoms with van der Waals surface area (Å²) in [5.74, 6) is -1.12. The largest absolute Gasteiger partial charge is 0.439 e. The molecule has 1 aromatic rings. The van der Waals surface area contributed by atoms with Crippen molar-refractivity contribution >= 4 is 5.91 Å². The standard InChI is InChI=1S/C14H25N3O3/c1-3-5-7-9-11(10-8-6-4-2)15-13(18)12-16-14(19)20-17-12/h11H,3-10H2,1-2H3,(H,15,18)(H,16,17,19). The van der Waals surface area contributed by atoms with Crippen molar-refractivity contribution in [1.82, 2.24) is 15.5 Å². The maximum Gasteiger partial charge on any atom is 0.439 e. The lowest BCUT2D eigenvalue weighted by Gasteiger charge is -2.17. The van der Waals surface area contributed by atoms with Crippen LogP contribution in [0.4, 0.5) is 0 Å². The molecule has 2 N–H and O–H groups in total. The molecule has 0 atom stereocenters. The van der Waals surface area contributed by atoms with E-state index in [1.165, 1.54) is 12.8 Å². The summed E-state index contributed by atoms with van der Waals surface area (Å²) in [5, 5.41) is 6.34. The van der Waals surface area contributed by atoms with Gasteiger partial charge in [0.1, 0.15) is 0 Å². The van der Waals surface area contributed by atoms with E-state index in [4.69, 9.17) is 0 Å². The van der Waals surface area contributed by atoms with Crippen LogP contribution in [-0.4, -0.2) is 22.1 Å². The van der Waals surface area contributed by atoms with Gasteiger partial charge in [-0.1, -0.05) is 52.4 Å². The minimum atomic E-state index is -0.705. The monoisotopic (exact) mass is 283 g/mol. The van der Waals surface area contributed by atoms with Crippen LogP contribution in [0.5, 0.6) is 0 Å². The molecule has 0 radical (unpaired) electrons. The van der Waals surface area contributed by atoms with Crippen LogP contribution in [0.3, 0.4) is 0 Å². The zero-order valence-electron chi connectivity index (χ0n) is 12.4. The summed E-state index contributed by atoms with van der Waals surface area (Å²) < 4.78 is 4.34. The number of rotatable bonds is 10. The van der Waals surface area contributed by atoms with E-state index >= 15 is 0 Å². The number of aromatic nitrogens is 2. The molecule has 0 bridgehead atoms. The van der Waals surface area contributed by atoms with E-state index in [9.17, 15) is 9.59 Å². The molecule has 0 unspecified atom stereocenters. The Morgan fingerprint density at radius 1 is 1.20 bits per heavy atom. The lowest BCUT2D eigenvalue weighted by molar-refractivity contribution is 0.0918. The van der Waals surface area contributed by atoms with Crippen molar-refractivity contribution < 1.29 is 9.32 Å². The molecule has 0 aliphatic rings. The molecule has 0 saturated heterocycles. The molecule has 1 aromatic heterocycles. The fraction of sp³-hybridized carbons (Fsp3) is 0.786. The normalized spacial score (nSPS) is 10.9. The SMILES string of the molecule is CCCCCC(CCCCC)NC(=O)c1noc(=O)[nH]1. The Balaban J connectivity index is 2.48. The Hall–Kier alpha value is -1.59. The van der Waals surface area contributed by atoms with Crippen LogP contribution in [0.15, 0.2) is 9.32 Å². The number of hydrogen-bond acceptors (Lipinski definition) is 4. The highest BCUT2D eigenvalue weighted by atomic mass is 16.5. The molecule has 0 spiro atoms. The number of unbranched alkanes of at least 4 members (excludes halogenated alkanes) is 4. The number of H-pyrrole nitrogens is 1. The van der Waals surface area contributed by atoms with E-state index in [-0.39, 0.29) is 17.8 Å². The lowest BCUT2D eigenvalue weighted by atomic mass is 10.0. The predicted octanol–water partition coefficient (Wildman–Crippen LogP) is 2.62. The van der Waals surface area contributed by atoms with Gasteiger partial charge < -0.3 is 5.32 Å². The average Bonchev–Trinajstić information content (AvgIpc) is 2.86. The highest BCUT2D eigenvalue weighted by molar-refractivity contribution is 5.90. The van der Waals surface area contributed by atoms with E-state index in [0.717, 1.165) is 38.5 Å². The van der Waals surface area contributed by atoms with Gasteiger partial charge in [0.2, 0.25) is 5.82 Å². The average molecular weight is 283 g/mol. The van der Waals surface area contributed by atoms with Crippen molar-refractivity contribution in [3.8, 4) is 0 Å². The number of aromatic amines is 1. The fourth-order valence-electron chi connectivity index (χ4n) is 2.15. The van der Waals surface area contributed by atoms with Gasteiger partial charge in [0.25, 0.3) is 5.91 Å². The fourth-order valence-corrected chi connectivity index (χ4v) is 2.15. The summed E-state index contributed by atoms with van der Waals surface area (Å²) in [7, 11) is 0. The van der Waals surface area contributed by atoms with Crippen LogP contribution in [0.1, 0.15) is 75.8 Å².